The quantitative estimate of drug-likeness (QED) is 0.765. The summed E-state index contributed by atoms with van der Waals surface area (Å²) < 4.78 is 0. The monoisotopic (exact) mass is 347 g/mol. The minimum Gasteiger partial charge on any atom is -0.354 e. The van der Waals surface area contributed by atoms with E-state index < -0.39 is 0 Å². The molecule has 0 unspecified atom stereocenters. The first-order chi connectivity index (χ1) is 11.5. The number of amides is 1. The molecule has 0 aliphatic heterocycles. The third kappa shape index (κ3) is 6.14. The van der Waals surface area contributed by atoms with Crippen molar-refractivity contribution in [2.45, 2.75) is 6.42 Å². The second-order valence-corrected chi connectivity index (χ2v) is 6.06. The number of anilines is 1. The molecule has 128 valence electrons. The molecule has 0 fully saturated rings. The van der Waals surface area contributed by atoms with E-state index >= 15 is 0 Å². The predicted molar refractivity (Wildman–Crippen MR) is 96.6 cm³/mol. The molecule has 1 heterocycles. The van der Waals surface area contributed by atoms with Gasteiger partial charge in [-0.05, 0) is 44.3 Å². The van der Waals surface area contributed by atoms with Gasteiger partial charge in [-0.25, -0.2) is 9.97 Å². The number of rotatable bonds is 8. The molecule has 0 bridgehead atoms. The Labute approximate surface area is 147 Å². The SMILES string of the molecule is CN(C)CCNC(=O)c1ccnc(NCCc2ccc(Cl)cc2)n1. The van der Waals surface area contributed by atoms with E-state index in [4.69, 9.17) is 11.6 Å². The third-order valence-corrected chi connectivity index (χ3v) is 3.59. The molecule has 0 aliphatic rings. The largest absolute Gasteiger partial charge is 0.354 e. The number of hydrogen-bond acceptors (Lipinski definition) is 5. The van der Waals surface area contributed by atoms with Gasteiger partial charge in [-0.3, -0.25) is 4.79 Å². The van der Waals surface area contributed by atoms with Gasteiger partial charge < -0.3 is 15.5 Å². The van der Waals surface area contributed by atoms with Crippen molar-refractivity contribution < 1.29 is 4.79 Å². The van der Waals surface area contributed by atoms with Gasteiger partial charge in [-0.2, -0.15) is 0 Å². The van der Waals surface area contributed by atoms with Gasteiger partial charge in [0.25, 0.3) is 5.91 Å². The molecule has 0 aliphatic carbocycles. The van der Waals surface area contributed by atoms with Crippen LogP contribution < -0.4 is 10.6 Å². The zero-order valence-electron chi connectivity index (χ0n) is 13.9. The van der Waals surface area contributed by atoms with Gasteiger partial charge in [0.15, 0.2) is 0 Å². The molecule has 0 saturated heterocycles. The van der Waals surface area contributed by atoms with Crippen LogP contribution in [0.1, 0.15) is 16.1 Å². The summed E-state index contributed by atoms with van der Waals surface area (Å²) in [6.07, 6.45) is 2.40. The number of likely N-dealkylation sites (N-methyl/N-ethyl adjacent to an activating group) is 1. The lowest BCUT2D eigenvalue weighted by Crippen LogP contribution is -2.32. The maximum atomic E-state index is 12.0. The van der Waals surface area contributed by atoms with Crippen LogP contribution in [0.5, 0.6) is 0 Å². The van der Waals surface area contributed by atoms with Crippen molar-refractivity contribution in [2.75, 3.05) is 39.0 Å². The Balaban J connectivity index is 1.83. The molecule has 0 radical (unpaired) electrons. The van der Waals surface area contributed by atoms with Crippen LogP contribution >= 0.6 is 11.6 Å². The third-order valence-electron chi connectivity index (χ3n) is 3.34. The highest BCUT2D eigenvalue weighted by atomic mass is 35.5. The fourth-order valence-electron chi connectivity index (χ4n) is 2.02. The van der Waals surface area contributed by atoms with E-state index in [2.05, 4.69) is 20.6 Å². The van der Waals surface area contributed by atoms with Gasteiger partial charge in [-0.1, -0.05) is 23.7 Å². The van der Waals surface area contributed by atoms with Gasteiger partial charge in [0.1, 0.15) is 5.69 Å². The Morgan fingerprint density at radius 1 is 1.17 bits per heavy atom. The average Bonchev–Trinajstić information content (AvgIpc) is 2.56. The molecule has 1 aromatic heterocycles. The van der Waals surface area contributed by atoms with Crippen LogP contribution in [-0.2, 0) is 6.42 Å². The normalized spacial score (nSPS) is 10.7. The minimum absolute atomic E-state index is 0.194. The number of carbonyl (C=O) groups is 1. The van der Waals surface area contributed by atoms with E-state index in [1.54, 1.807) is 12.3 Å². The van der Waals surface area contributed by atoms with Crippen LogP contribution in [0.3, 0.4) is 0 Å². The molecule has 0 saturated carbocycles. The standard InChI is InChI=1S/C17H22ClN5O/c1-23(2)12-11-19-16(24)15-8-10-21-17(22-15)20-9-7-13-3-5-14(18)6-4-13/h3-6,8,10H,7,9,11-12H2,1-2H3,(H,19,24)(H,20,21,22). The zero-order valence-corrected chi connectivity index (χ0v) is 14.7. The zero-order chi connectivity index (χ0) is 17.4. The molecular weight excluding hydrogens is 326 g/mol. The highest BCUT2D eigenvalue weighted by Crippen LogP contribution is 2.10. The van der Waals surface area contributed by atoms with E-state index in [9.17, 15) is 4.79 Å². The van der Waals surface area contributed by atoms with Crippen molar-refractivity contribution in [1.82, 2.24) is 20.2 Å². The van der Waals surface area contributed by atoms with Gasteiger partial charge in [-0.15, -0.1) is 0 Å². The van der Waals surface area contributed by atoms with Crippen LogP contribution in [0.15, 0.2) is 36.5 Å². The maximum Gasteiger partial charge on any atom is 0.270 e. The lowest BCUT2D eigenvalue weighted by Gasteiger charge is -2.10. The molecule has 0 atom stereocenters. The summed E-state index contributed by atoms with van der Waals surface area (Å²) in [6, 6.07) is 9.31. The number of carbonyl (C=O) groups excluding carboxylic acids is 1. The van der Waals surface area contributed by atoms with Gasteiger partial charge in [0, 0.05) is 30.9 Å². The van der Waals surface area contributed by atoms with Gasteiger partial charge >= 0.3 is 0 Å². The fraction of sp³-hybridized carbons (Fsp3) is 0.353. The van der Waals surface area contributed by atoms with Crippen LogP contribution in [0.4, 0.5) is 5.95 Å². The molecular formula is C17H22ClN5O. The van der Waals surface area contributed by atoms with Gasteiger partial charge in [0.05, 0.1) is 0 Å². The highest BCUT2D eigenvalue weighted by molar-refractivity contribution is 6.30. The van der Waals surface area contributed by atoms with Gasteiger partial charge in [0.2, 0.25) is 5.95 Å². The number of hydrogen-bond donors (Lipinski definition) is 2. The number of nitrogens with zero attached hydrogens (tertiary/aromatic N) is 3. The number of aromatic nitrogens is 2. The first kappa shape index (κ1) is 18.2. The Morgan fingerprint density at radius 2 is 1.92 bits per heavy atom. The second-order valence-electron chi connectivity index (χ2n) is 5.63. The van der Waals surface area contributed by atoms with E-state index in [1.165, 1.54) is 5.56 Å². The Morgan fingerprint density at radius 3 is 2.62 bits per heavy atom. The number of nitrogens with one attached hydrogen (secondary N) is 2. The molecule has 1 amide bonds. The molecule has 2 aromatic rings. The lowest BCUT2D eigenvalue weighted by atomic mass is 10.1. The summed E-state index contributed by atoms with van der Waals surface area (Å²) in [4.78, 5) is 22.4. The van der Waals surface area contributed by atoms with Crippen LogP contribution in [0, 0.1) is 0 Å². The van der Waals surface area contributed by atoms with Crippen LogP contribution in [0.25, 0.3) is 0 Å². The summed E-state index contributed by atoms with van der Waals surface area (Å²) in [5.41, 5.74) is 1.53. The summed E-state index contributed by atoms with van der Waals surface area (Å²) in [5, 5.41) is 6.69. The highest BCUT2D eigenvalue weighted by Gasteiger charge is 2.08. The first-order valence-corrected chi connectivity index (χ1v) is 8.16. The van der Waals surface area contributed by atoms with E-state index in [1.807, 2.05) is 43.3 Å². The Hall–Kier alpha value is -2.18. The van der Waals surface area contributed by atoms with E-state index in [0.717, 1.165) is 18.0 Å². The summed E-state index contributed by atoms with van der Waals surface area (Å²) in [6.45, 7) is 2.03. The molecule has 6 nitrogen and oxygen atoms in total. The minimum atomic E-state index is -0.194. The lowest BCUT2D eigenvalue weighted by molar-refractivity contribution is 0.0946. The van der Waals surface area contributed by atoms with Crippen molar-refractivity contribution >= 4 is 23.5 Å². The first-order valence-electron chi connectivity index (χ1n) is 7.79. The van der Waals surface area contributed by atoms with Crippen molar-refractivity contribution in [1.29, 1.82) is 0 Å². The number of halogens is 1. The Kier molecular flexibility index (Phi) is 6.96. The summed E-state index contributed by atoms with van der Waals surface area (Å²) >= 11 is 5.87. The fourth-order valence-corrected chi connectivity index (χ4v) is 2.15. The maximum absolute atomic E-state index is 12.0. The van der Waals surface area contributed by atoms with Crippen molar-refractivity contribution in [3.8, 4) is 0 Å². The molecule has 7 heteroatoms. The molecule has 2 rings (SSSR count). The molecule has 1 aromatic carbocycles. The molecule has 2 N–H and O–H groups in total. The van der Waals surface area contributed by atoms with Crippen LogP contribution in [-0.4, -0.2) is 54.5 Å². The summed E-state index contributed by atoms with van der Waals surface area (Å²) in [7, 11) is 3.92. The van der Waals surface area contributed by atoms with E-state index in [-0.39, 0.29) is 5.91 Å². The average molecular weight is 348 g/mol. The van der Waals surface area contributed by atoms with Crippen molar-refractivity contribution in [2.24, 2.45) is 0 Å². The Bertz CT molecular complexity index is 660. The van der Waals surface area contributed by atoms with Crippen LogP contribution in [0.2, 0.25) is 5.02 Å². The van der Waals surface area contributed by atoms with E-state index in [0.29, 0.717) is 24.7 Å². The topological polar surface area (TPSA) is 70.2 Å². The molecule has 0 spiro atoms. The summed E-state index contributed by atoms with van der Waals surface area (Å²) in [5.74, 6) is 0.254. The second kappa shape index (κ2) is 9.20. The predicted octanol–water partition coefficient (Wildman–Crippen LogP) is 2.08. The number of benzene rings is 1. The molecule has 24 heavy (non-hydrogen) atoms. The smallest absolute Gasteiger partial charge is 0.270 e. The van der Waals surface area contributed by atoms with Crippen molar-refractivity contribution in [3.63, 3.8) is 0 Å². The van der Waals surface area contributed by atoms with Crippen molar-refractivity contribution in [3.05, 3.63) is 52.8 Å².